The first-order valence-corrected chi connectivity index (χ1v) is 17.7. The van der Waals surface area contributed by atoms with Gasteiger partial charge in [-0.05, 0) is 54.7 Å². The second-order valence-corrected chi connectivity index (χ2v) is 13.8. The van der Waals surface area contributed by atoms with E-state index >= 15 is 0 Å². The SMILES string of the molecule is c1ccc(-c2nc(-c3ccccc3)nc(-c3ccccc3N3c4cccc5c4C4C3CCCC4n3c4ccccc4c4cccc-5c43)n2)cc1. The molecule has 0 saturated heterocycles. The third-order valence-corrected chi connectivity index (χ3v) is 11.3. The van der Waals surface area contributed by atoms with E-state index in [1.165, 1.54) is 57.0 Å². The summed E-state index contributed by atoms with van der Waals surface area (Å²) in [6.45, 7) is 0. The maximum absolute atomic E-state index is 5.18. The van der Waals surface area contributed by atoms with Crippen LogP contribution in [0.3, 0.4) is 0 Å². The summed E-state index contributed by atoms with van der Waals surface area (Å²) in [6, 6.07) is 52.8. The molecule has 1 aliphatic carbocycles. The van der Waals surface area contributed by atoms with Crippen LogP contribution in [0.4, 0.5) is 11.4 Å². The second-order valence-electron chi connectivity index (χ2n) is 13.8. The number of aromatic nitrogens is 4. The maximum atomic E-state index is 5.18. The standard InChI is InChI=1S/C45H33N5/c1-3-14-28(15-4-1)43-46-44(29-16-5-2-6-17-29)48-45(47-43)34-19-8-10-24-36(34)49-37-25-12-20-31-33-22-11-21-32-30-18-7-9-23-35(30)50(42(32)33)39-27-13-26-38(49)41(39)40(31)37/h1-12,14-25,38-39,41H,13,26-27H2. The van der Waals surface area contributed by atoms with E-state index in [1.807, 2.05) is 36.4 Å². The lowest BCUT2D eigenvalue weighted by atomic mass is 9.77. The van der Waals surface area contributed by atoms with Gasteiger partial charge in [0.05, 0.1) is 11.2 Å². The molecule has 1 saturated carbocycles. The van der Waals surface area contributed by atoms with Crippen molar-refractivity contribution in [3.63, 3.8) is 0 Å². The van der Waals surface area contributed by atoms with Gasteiger partial charge in [0.1, 0.15) is 0 Å². The lowest BCUT2D eigenvalue weighted by molar-refractivity contribution is 0.296. The van der Waals surface area contributed by atoms with Crippen LogP contribution in [-0.4, -0.2) is 25.6 Å². The molecule has 6 aromatic carbocycles. The molecule has 50 heavy (non-hydrogen) atoms. The molecule has 1 fully saturated rings. The summed E-state index contributed by atoms with van der Waals surface area (Å²) >= 11 is 0. The minimum Gasteiger partial charge on any atom is -0.337 e. The molecule has 238 valence electrons. The van der Waals surface area contributed by atoms with Gasteiger partial charge in [0, 0.05) is 62.2 Å². The quantitative estimate of drug-likeness (QED) is 0.191. The Morgan fingerprint density at radius 3 is 1.84 bits per heavy atom. The van der Waals surface area contributed by atoms with Gasteiger partial charge in [-0.1, -0.05) is 121 Å². The molecule has 2 aliphatic heterocycles. The van der Waals surface area contributed by atoms with Gasteiger partial charge in [0.25, 0.3) is 0 Å². The molecule has 3 aliphatic rings. The molecule has 0 N–H and O–H groups in total. The Morgan fingerprint density at radius 2 is 1.04 bits per heavy atom. The van der Waals surface area contributed by atoms with Crippen molar-refractivity contribution in [3.05, 3.63) is 151 Å². The van der Waals surface area contributed by atoms with Crippen LogP contribution in [0.5, 0.6) is 0 Å². The van der Waals surface area contributed by atoms with E-state index in [0.29, 0.717) is 35.5 Å². The first-order chi connectivity index (χ1) is 24.8. The number of hydrogen-bond acceptors (Lipinski definition) is 4. The van der Waals surface area contributed by atoms with Gasteiger partial charge in [0.2, 0.25) is 0 Å². The van der Waals surface area contributed by atoms with Gasteiger partial charge in [-0.2, -0.15) is 0 Å². The van der Waals surface area contributed by atoms with Crippen molar-refractivity contribution in [3.8, 4) is 45.3 Å². The molecule has 8 aromatic rings. The molecule has 0 amide bonds. The molecule has 3 unspecified atom stereocenters. The predicted molar refractivity (Wildman–Crippen MR) is 203 cm³/mol. The summed E-state index contributed by atoms with van der Waals surface area (Å²) in [5, 5.41) is 2.71. The van der Waals surface area contributed by atoms with Crippen molar-refractivity contribution in [1.29, 1.82) is 0 Å². The maximum Gasteiger partial charge on any atom is 0.166 e. The Balaban J connectivity index is 1.14. The van der Waals surface area contributed by atoms with E-state index in [1.54, 1.807) is 0 Å². The van der Waals surface area contributed by atoms with E-state index in [-0.39, 0.29) is 0 Å². The molecular formula is C45H33N5. The first-order valence-electron chi connectivity index (χ1n) is 17.7. The Labute approximate surface area is 290 Å². The predicted octanol–water partition coefficient (Wildman–Crippen LogP) is 11.0. The lowest BCUT2D eigenvalue weighted by Crippen LogP contribution is -2.37. The topological polar surface area (TPSA) is 46.8 Å². The number of para-hydroxylation sites is 3. The van der Waals surface area contributed by atoms with Crippen LogP contribution in [0.1, 0.15) is 36.8 Å². The van der Waals surface area contributed by atoms with Crippen molar-refractivity contribution in [1.82, 2.24) is 19.5 Å². The van der Waals surface area contributed by atoms with Gasteiger partial charge >= 0.3 is 0 Å². The van der Waals surface area contributed by atoms with E-state index in [0.717, 1.165) is 28.8 Å². The largest absolute Gasteiger partial charge is 0.337 e. The van der Waals surface area contributed by atoms with E-state index in [4.69, 9.17) is 15.0 Å². The van der Waals surface area contributed by atoms with Gasteiger partial charge in [0.15, 0.2) is 17.5 Å². The number of nitrogens with zero attached hydrogens (tertiary/aromatic N) is 5. The molecule has 3 atom stereocenters. The Kier molecular flexibility index (Phi) is 5.97. The second kappa shape index (κ2) is 10.7. The smallest absolute Gasteiger partial charge is 0.166 e. The highest BCUT2D eigenvalue weighted by molar-refractivity contribution is 6.13. The summed E-state index contributed by atoms with van der Waals surface area (Å²) in [7, 11) is 0. The number of benzene rings is 6. The molecule has 0 spiro atoms. The highest BCUT2D eigenvalue weighted by atomic mass is 15.2. The van der Waals surface area contributed by atoms with Crippen LogP contribution in [0.2, 0.25) is 0 Å². The van der Waals surface area contributed by atoms with Gasteiger partial charge in [-0.25, -0.2) is 15.0 Å². The number of fused-ring (bicyclic) bond motifs is 5. The highest BCUT2D eigenvalue weighted by Crippen LogP contribution is 2.61. The van der Waals surface area contributed by atoms with Crippen LogP contribution < -0.4 is 4.90 Å². The fourth-order valence-corrected chi connectivity index (χ4v) is 9.37. The molecule has 11 rings (SSSR count). The number of hydrogen-bond donors (Lipinski definition) is 0. The van der Waals surface area contributed by atoms with Crippen LogP contribution in [0.25, 0.3) is 67.1 Å². The van der Waals surface area contributed by atoms with Crippen molar-refractivity contribution in [2.45, 2.75) is 37.3 Å². The lowest BCUT2D eigenvalue weighted by Gasteiger charge is -2.39. The summed E-state index contributed by atoms with van der Waals surface area (Å²) in [6.07, 6.45) is 3.47. The summed E-state index contributed by atoms with van der Waals surface area (Å²) in [5.74, 6) is 2.40. The molecule has 5 heteroatoms. The highest BCUT2D eigenvalue weighted by Gasteiger charge is 2.49. The Morgan fingerprint density at radius 1 is 0.460 bits per heavy atom. The van der Waals surface area contributed by atoms with E-state index < -0.39 is 0 Å². The zero-order chi connectivity index (χ0) is 32.8. The van der Waals surface area contributed by atoms with E-state index in [9.17, 15) is 0 Å². The first kappa shape index (κ1) is 27.8. The number of rotatable bonds is 4. The zero-order valence-electron chi connectivity index (χ0n) is 27.4. The third kappa shape index (κ3) is 3.92. The summed E-state index contributed by atoms with van der Waals surface area (Å²) in [5.41, 5.74) is 12.4. The van der Waals surface area contributed by atoms with Crippen molar-refractivity contribution in [2.75, 3.05) is 4.90 Å². The van der Waals surface area contributed by atoms with Gasteiger partial charge in [-0.15, -0.1) is 0 Å². The van der Waals surface area contributed by atoms with Crippen LogP contribution in [-0.2, 0) is 0 Å². The summed E-state index contributed by atoms with van der Waals surface area (Å²) in [4.78, 5) is 18.0. The molecular weight excluding hydrogens is 611 g/mol. The van der Waals surface area contributed by atoms with Gasteiger partial charge in [-0.3, -0.25) is 0 Å². The average molecular weight is 644 g/mol. The van der Waals surface area contributed by atoms with Crippen molar-refractivity contribution < 1.29 is 0 Å². The monoisotopic (exact) mass is 643 g/mol. The Bertz CT molecular complexity index is 2550. The average Bonchev–Trinajstić information content (AvgIpc) is 3.67. The molecule has 4 heterocycles. The third-order valence-electron chi connectivity index (χ3n) is 11.3. The number of anilines is 2. The minimum absolute atomic E-state index is 0.306. The van der Waals surface area contributed by atoms with Crippen LogP contribution in [0, 0.1) is 0 Å². The van der Waals surface area contributed by atoms with E-state index in [2.05, 4.69) is 119 Å². The summed E-state index contributed by atoms with van der Waals surface area (Å²) < 4.78 is 2.72. The van der Waals surface area contributed by atoms with Gasteiger partial charge < -0.3 is 9.47 Å². The molecule has 2 aromatic heterocycles. The molecule has 5 nitrogen and oxygen atoms in total. The Hall–Kier alpha value is -6.07. The zero-order valence-corrected chi connectivity index (χ0v) is 27.4. The van der Waals surface area contributed by atoms with Crippen LogP contribution in [0.15, 0.2) is 146 Å². The van der Waals surface area contributed by atoms with Crippen LogP contribution >= 0.6 is 0 Å². The normalized spacial score (nSPS) is 18.7. The molecule has 0 radical (unpaired) electrons. The fourth-order valence-electron chi connectivity index (χ4n) is 9.37. The molecule has 0 bridgehead atoms. The fraction of sp³-hybridized carbons (Fsp3) is 0.133. The minimum atomic E-state index is 0.306. The van der Waals surface area contributed by atoms with Crippen molar-refractivity contribution >= 4 is 33.2 Å². The van der Waals surface area contributed by atoms with Crippen molar-refractivity contribution in [2.24, 2.45) is 0 Å².